The van der Waals surface area contributed by atoms with E-state index in [9.17, 15) is 9.18 Å². The van der Waals surface area contributed by atoms with Gasteiger partial charge in [0.2, 0.25) is 5.91 Å². The van der Waals surface area contributed by atoms with Crippen LogP contribution in [0.4, 0.5) is 21.6 Å². The van der Waals surface area contributed by atoms with Gasteiger partial charge in [0.15, 0.2) is 5.82 Å². The Balaban J connectivity index is 1.81. The third-order valence-electron chi connectivity index (χ3n) is 4.76. The predicted molar refractivity (Wildman–Crippen MR) is 119 cm³/mol. The molecule has 31 heavy (non-hydrogen) atoms. The van der Waals surface area contributed by atoms with E-state index in [2.05, 4.69) is 39.0 Å². The molecule has 0 saturated carbocycles. The molecule has 2 heterocycles. The first-order valence-corrected chi connectivity index (χ1v) is 9.80. The first-order chi connectivity index (χ1) is 14.9. The van der Waals surface area contributed by atoms with Gasteiger partial charge in [-0.05, 0) is 37.3 Å². The van der Waals surface area contributed by atoms with Crippen LogP contribution in [0.1, 0.15) is 12.5 Å². The first-order valence-electron chi connectivity index (χ1n) is 9.43. The number of rotatable bonds is 4. The molecule has 156 valence electrons. The Morgan fingerprint density at radius 1 is 1.32 bits per heavy atom. The molecule has 0 bridgehead atoms. The molecule has 0 radical (unpaired) electrons. The average molecular weight is 437 g/mol. The lowest BCUT2D eigenvalue weighted by Crippen LogP contribution is -2.38. The molecule has 1 fully saturated rings. The van der Waals surface area contributed by atoms with E-state index in [4.69, 9.17) is 16.3 Å². The zero-order valence-corrected chi connectivity index (χ0v) is 17.4. The number of fused-ring (bicyclic) bond motifs is 1. The van der Waals surface area contributed by atoms with E-state index < -0.39 is 5.82 Å². The summed E-state index contributed by atoms with van der Waals surface area (Å²) >= 11 is 5.88. The Morgan fingerprint density at radius 2 is 2.13 bits per heavy atom. The minimum atomic E-state index is -0.588. The highest BCUT2D eigenvalue weighted by atomic mass is 35.5. The van der Waals surface area contributed by atoms with Gasteiger partial charge in [0.25, 0.3) is 0 Å². The van der Waals surface area contributed by atoms with Crippen LogP contribution in [0.15, 0.2) is 49.3 Å². The highest BCUT2D eigenvalue weighted by Crippen LogP contribution is 2.31. The molecule has 1 amide bonds. The number of hydrogen-bond donors (Lipinski definition) is 2. The molecule has 0 spiro atoms. The minimum absolute atomic E-state index is 0.00618. The van der Waals surface area contributed by atoms with Crippen molar-refractivity contribution < 1.29 is 13.9 Å². The summed E-state index contributed by atoms with van der Waals surface area (Å²) in [4.78, 5) is 20.5. The molecule has 6 nitrogen and oxygen atoms in total. The Kier molecular flexibility index (Phi) is 5.59. The topological polar surface area (TPSA) is 76.1 Å². The van der Waals surface area contributed by atoms with Gasteiger partial charge in [-0.3, -0.25) is 4.79 Å². The van der Waals surface area contributed by atoms with Crippen molar-refractivity contribution in [3.63, 3.8) is 0 Å². The number of aromatic nitrogens is 2. The average Bonchev–Trinajstić information content (AvgIpc) is 2.74. The van der Waals surface area contributed by atoms with Crippen molar-refractivity contribution in [3.8, 4) is 11.8 Å². The van der Waals surface area contributed by atoms with E-state index in [0.29, 0.717) is 41.2 Å². The van der Waals surface area contributed by atoms with Crippen molar-refractivity contribution in [2.45, 2.75) is 6.92 Å². The van der Waals surface area contributed by atoms with E-state index in [0.717, 1.165) is 0 Å². The van der Waals surface area contributed by atoms with Crippen LogP contribution >= 0.6 is 11.6 Å². The number of benzene rings is 2. The second kappa shape index (κ2) is 8.34. The Bertz CT molecular complexity index is 1260. The lowest BCUT2D eigenvalue weighted by atomic mass is 9.89. The molecule has 4 rings (SSSR count). The smallest absolute Gasteiger partial charge is 0.247 e. The highest BCUT2D eigenvalue weighted by Gasteiger charge is 2.31. The molecule has 1 saturated heterocycles. The summed E-state index contributed by atoms with van der Waals surface area (Å²) in [6, 6.07) is 8.10. The minimum Gasteiger partial charge on any atom is -0.378 e. The van der Waals surface area contributed by atoms with Gasteiger partial charge in [-0.25, -0.2) is 14.4 Å². The monoisotopic (exact) mass is 436 g/mol. The number of carbonyl (C=O) groups excluding carboxylic acids is 1. The van der Waals surface area contributed by atoms with Crippen molar-refractivity contribution in [3.05, 3.63) is 65.7 Å². The van der Waals surface area contributed by atoms with Gasteiger partial charge in [-0.2, -0.15) is 0 Å². The lowest BCUT2D eigenvalue weighted by Gasteiger charge is -2.32. The number of ether oxygens (including phenoxy) is 1. The number of amides is 1. The van der Waals surface area contributed by atoms with E-state index in [1.807, 2.05) is 6.92 Å². The SMILES string of the molecule is C=CC(=O)Nc1cc2c(Nc3cccc(Cl)c3F)ncnc2cc1C#CC1(C)COC1. The second-order valence-corrected chi connectivity index (χ2v) is 7.77. The van der Waals surface area contributed by atoms with Crippen LogP contribution in [0.25, 0.3) is 10.9 Å². The van der Waals surface area contributed by atoms with Crippen LogP contribution in [-0.2, 0) is 9.53 Å². The van der Waals surface area contributed by atoms with E-state index in [-0.39, 0.29) is 22.0 Å². The number of hydrogen-bond acceptors (Lipinski definition) is 5. The normalized spacial score (nSPS) is 14.2. The molecule has 0 aliphatic carbocycles. The van der Waals surface area contributed by atoms with Gasteiger partial charge >= 0.3 is 0 Å². The van der Waals surface area contributed by atoms with Crippen LogP contribution in [0, 0.1) is 23.1 Å². The Morgan fingerprint density at radius 3 is 2.84 bits per heavy atom. The van der Waals surface area contributed by atoms with Gasteiger partial charge in [-0.1, -0.05) is 36.1 Å². The van der Waals surface area contributed by atoms with Gasteiger partial charge in [0.05, 0.1) is 46.1 Å². The third-order valence-corrected chi connectivity index (χ3v) is 5.05. The summed E-state index contributed by atoms with van der Waals surface area (Å²) in [6.07, 6.45) is 2.54. The Hall–Kier alpha value is -3.47. The summed E-state index contributed by atoms with van der Waals surface area (Å²) in [5.41, 5.74) is 1.59. The van der Waals surface area contributed by atoms with Gasteiger partial charge in [0, 0.05) is 5.39 Å². The zero-order chi connectivity index (χ0) is 22.0. The van der Waals surface area contributed by atoms with Gasteiger partial charge in [0.1, 0.15) is 12.1 Å². The second-order valence-electron chi connectivity index (χ2n) is 7.36. The molecule has 1 aliphatic heterocycles. The van der Waals surface area contributed by atoms with Crippen molar-refractivity contribution in [1.82, 2.24) is 9.97 Å². The largest absolute Gasteiger partial charge is 0.378 e. The summed E-state index contributed by atoms with van der Waals surface area (Å²) in [5, 5.41) is 6.28. The predicted octanol–water partition coefficient (Wildman–Crippen LogP) is 4.68. The van der Waals surface area contributed by atoms with Gasteiger partial charge < -0.3 is 15.4 Å². The van der Waals surface area contributed by atoms with Crippen LogP contribution < -0.4 is 10.6 Å². The number of nitrogens with one attached hydrogen (secondary N) is 2. The van der Waals surface area contributed by atoms with Crippen LogP contribution in [-0.4, -0.2) is 29.1 Å². The fourth-order valence-corrected chi connectivity index (χ4v) is 3.19. The summed E-state index contributed by atoms with van der Waals surface area (Å²) < 4.78 is 19.6. The van der Waals surface area contributed by atoms with Crippen molar-refractivity contribution in [2.24, 2.45) is 5.41 Å². The fraction of sp³-hybridized carbons (Fsp3) is 0.174. The molecule has 1 aromatic heterocycles. The molecular formula is C23H18ClFN4O2. The quantitative estimate of drug-likeness (QED) is 0.459. The van der Waals surface area contributed by atoms with Crippen LogP contribution in [0.3, 0.4) is 0 Å². The number of halogens is 2. The third kappa shape index (κ3) is 4.36. The number of anilines is 3. The van der Waals surface area contributed by atoms with Crippen LogP contribution in [0.2, 0.25) is 5.02 Å². The first kappa shape index (κ1) is 20.8. The molecule has 1 aliphatic rings. The summed E-state index contributed by atoms with van der Waals surface area (Å²) in [6.45, 7) is 6.62. The van der Waals surface area contributed by atoms with Crippen molar-refractivity contribution in [2.75, 3.05) is 23.8 Å². The van der Waals surface area contributed by atoms with E-state index >= 15 is 0 Å². The molecule has 2 aromatic carbocycles. The number of carbonyl (C=O) groups is 1. The highest BCUT2D eigenvalue weighted by molar-refractivity contribution is 6.31. The zero-order valence-electron chi connectivity index (χ0n) is 16.6. The van der Waals surface area contributed by atoms with E-state index in [1.54, 1.807) is 24.3 Å². The maximum absolute atomic E-state index is 14.4. The summed E-state index contributed by atoms with van der Waals surface area (Å²) in [5.74, 6) is 5.72. The summed E-state index contributed by atoms with van der Waals surface area (Å²) in [7, 11) is 0. The number of nitrogens with zero attached hydrogens (tertiary/aromatic N) is 2. The molecule has 0 atom stereocenters. The lowest BCUT2D eigenvalue weighted by molar-refractivity contribution is -0.111. The fourth-order valence-electron chi connectivity index (χ4n) is 3.02. The molecular weight excluding hydrogens is 419 g/mol. The van der Waals surface area contributed by atoms with Crippen molar-refractivity contribution in [1.29, 1.82) is 0 Å². The maximum atomic E-state index is 14.4. The van der Waals surface area contributed by atoms with Gasteiger partial charge in [-0.15, -0.1) is 0 Å². The standard InChI is InChI=1S/C23H18ClFN4O2/c1-3-20(30)28-18-10-15-19(9-14(18)7-8-23(2)11-31-12-23)26-13-27-22(15)29-17-6-4-5-16(24)21(17)25/h3-6,9-10,13H,1,11-12H2,2H3,(H,28,30)(H,26,27,29). The molecule has 3 aromatic rings. The molecule has 2 N–H and O–H groups in total. The molecule has 0 unspecified atom stereocenters. The van der Waals surface area contributed by atoms with Crippen LogP contribution in [0.5, 0.6) is 0 Å². The Labute approximate surface area is 183 Å². The van der Waals surface area contributed by atoms with E-state index in [1.165, 1.54) is 18.5 Å². The van der Waals surface area contributed by atoms with Crippen molar-refractivity contribution >= 4 is 45.6 Å². The maximum Gasteiger partial charge on any atom is 0.247 e. The molecule has 8 heteroatoms.